The summed E-state index contributed by atoms with van der Waals surface area (Å²) in [6, 6.07) is 8.99. The Bertz CT molecular complexity index is 451. The molecule has 0 bridgehead atoms. The lowest BCUT2D eigenvalue weighted by Gasteiger charge is -2.26. The van der Waals surface area contributed by atoms with Crippen LogP contribution in [0.15, 0.2) is 30.3 Å². The van der Waals surface area contributed by atoms with Crippen LogP contribution in [0.5, 0.6) is 0 Å². The zero-order valence-electron chi connectivity index (χ0n) is 11.8. The van der Waals surface area contributed by atoms with Crippen molar-refractivity contribution in [2.24, 2.45) is 17.2 Å². The van der Waals surface area contributed by atoms with E-state index in [2.05, 4.69) is 0 Å². The van der Waals surface area contributed by atoms with Gasteiger partial charge in [-0.15, -0.1) is 0 Å². The van der Waals surface area contributed by atoms with E-state index in [1.54, 1.807) is 0 Å². The Morgan fingerprint density at radius 2 is 1.62 bits per heavy atom. The second kappa shape index (κ2) is 8.35. The van der Waals surface area contributed by atoms with Gasteiger partial charge in [0.05, 0.1) is 19.2 Å². The largest absolute Gasteiger partial charge is 0.390 e. The second-order valence-corrected chi connectivity index (χ2v) is 5.02. The van der Waals surface area contributed by atoms with Crippen LogP contribution >= 0.6 is 0 Å². The summed E-state index contributed by atoms with van der Waals surface area (Å²) < 4.78 is 0. The monoisotopic (exact) mass is 294 g/mol. The molecule has 21 heavy (non-hydrogen) atoms. The summed E-state index contributed by atoms with van der Waals surface area (Å²) in [4.78, 5) is 23.3. The summed E-state index contributed by atoms with van der Waals surface area (Å²) in [5, 5.41) is 10.1. The van der Waals surface area contributed by atoms with Crippen LogP contribution in [0.2, 0.25) is 0 Å². The first-order chi connectivity index (χ1) is 9.88. The summed E-state index contributed by atoms with van der Waals surface area (Å²) >= 11 is 0. The van der Waals surface area contributed by atoms with Gasteiger partial charge in [0.25, 0.3) is 0 Å². The lowest BCUT2D eigenvalue weighted by atomic mass is 10.0. The van der Waals surface area contributed by atoms with Gasteiger partial charge in [-0.05, 0) is 12.0 Å². The van der Waals surface area contributed by atoms with Crippen molar-refractivity contribution in [2.45, 2.75) is 18.6 Å². The molecule has 7 N–H and O–H groups in total. The van der Waals surface area contributed by atoms with Crippen molar-refractivity contribution < 1.29 is 14.7 Å². The van der Waals surface area contributed by atoms with Crippen LogP contribution in [-0.4, -0.2) is 53.6 Å². The molecule has 0 spiro atoms. The molecule has 7 nitrogen and oxygen atoms in total. The molecule has 2 atom stereocenters. The van der Waals surface area contributed by atoms with Gasteiger partial charge in [-0.25, -0.2) is 0 Å². The number of nitrogens with two attached hydrogens (primary N) is 3. The minimum atomic E-state index is -0.899. The van der Waals surface area contributed by atoms with Gasteiger partial charge in [0.2, 0.25) is 11.8 Å². The van der Waals surface area contributed by atoms with E-state index in [1.807, 2.05) is 30.3 Å². The predicted molar refractivity (Wildman–Crippen MR) is 79.0 cm³/mol. The number of nitrogens with zero attached hydrogens (tertiary/aromatic N) is 1. The number of hydrogen-bond acceptors (Lipinski definition) is 5. The maximum atomic E-state index is 10.9. The normalized spacial score (nSPS) is 13.9. The Labute approximate surface area is 123 Å². The highest BCUT2D eigenvalue weighted by molar-refractivity contribution is 5.79. The molecular weight excluding hydrogens is 272 g/mol. The molecule has 116 valence electrons. The van der Waals surface area contributed by atoms with E-state index < -0.39 is 24.0 Å². The summed E-state index contributed by atoms with van der Waals surface area (Å²) in [6.45, 7) is -0.254. The van der Waals surface area contributed by atoms with E-state index in [0.29, 0.717) is 6.42 Å². The number of hydrogen-bond donors (Lipinski definition) is 4. The predicted octanol–water partition coefficient (Wildman–Crippen LogP) is -1.81. The molecule has 2 unspecified atom stereocenters. The summed E-state index contributed by atoms with van der Waals surface area (Å²) in [6.07, 6.45) is -0.410. The SMILES string of the molecule is NC(=O)CN(CC(N)=O)CC(O)C(N)Cc1ccccc1. The van der Waals surface area contributed by atoms with Gasteiger partial charge < -0.3 is 22.3 Å². The number of carbonyl (C=O) groups is 2. The van der Waals surface area contributed by atoms with Crippen LogP contribution < -0.4 is 17.2 Å². The fourth-order valence-electron chi connectivity index (χ4n) is 2.05. The van der Waals surface area contributed by atoms with E-state index in [4.69, 9.17) is 17.2 Å². The van der Waals surface area contributed by atoms with Crippen molar-refractivity contribution in [2.75, 3.05) is 19.6 Å². The molecule has 0 fully saturated rings. The first kappa shape index (κ1) is 17.1. The molecule has 0 aromatic heterocycles. The van der Waals surface area contributed by atoms with Crippen LogP contribution in [0.1, 0.15) is 5.56 Å². The number of rotatable bonds is 9. The van der Waals surface area contributed by atoms with Crippen LogP contribution in [-0.2, 0) is 16.0 Å². The molecule has 0 saturated carbocycles. The Hall–Kier alpha value is -1.96. The Morgan fingerprint density at radius 3 is 2.10 bits per heavy atom. The summed E-state index contributed by atoms with van der Waals surface area (Å²) in [5.74, 6) is -1.19. The smallest absolute Gasteiger partial charge is 0.231 e. The number of aliphatic hydroxyl groups is 1. The molecule has 0 aliphatic rings. The van der Waals surface area contributed by atoms with Crippen LogP contribution in [0.4, 0.5) is 0 Å². The lowest BCUT2D eigenvalue weighted by Crippen LogP contribution is -2.48. The molecule has 0 aliphatic carbocycles. The molecule has 0 radical (unpaired) electrons. The van der Waals surface area contributed by atoms with Crippen molar-refractivity contribution >= 4 is 11.8 Å². The van der Waals surface area contributed by atoms with Crippen molar-refractivity contribution in [3.05, 3.63) is 35.9 Å². The van der Waals surface area contributed by atoms with Gasteiger partial charge in [0, 0.05) is 12.6 Å². The third-order valence-corrected chi connectivity index (χ3v) is 3.01. The Balaban J connectivity index is 2.56. The standard InChI is InChI=1S/C14H22N4O3/c15-11(6-10-4-2-1-3-5-10)12(19)7-18(8-13(16)20)9-14(17)21/h1-5,11-12,19H,6-9,15H2,(H2,16,20)(H2,17,21). The molecule has 7 heteroatoms. The molecule has 0 heterocycles. The summed E-state index contributed by atoms with van der Waals surface area (Å²) in [7, 11) is 0. The van der Waals surface area contributed by atoms with Crippen LogP contribution in [0.25, 0.3) is 0 Å². The fourth-order valence-corrected chi connectivity index (χ4v) is 2.05. The van der Waals surface area contributed by atoms with Crippen molar-refractivity contribution in [1.29, 1.82) is 0 Å². The number of aliphatic hydroxyl groups excluding tert-OH is 1. The quantitative estimate of drug-likeness (QED) is 0.425. The molecule has 0 aliphatic heterocycles. The highest BCUT2D eigenvalue weighted by Crippen LogP contribution is 2.06. The fraction of sp³-hybridized carbons (Fsp3) is 0.429. The number of carbonyl (C=O) groups excluding carboxylic acids is 2. The van der Waals surface area contributed by atoms with Gasteiger partial charge in [0.15, 0.2) is 0 Å². The third-order valence-electron chi connectivity index (χ3n) is 3.01. The molecule has 0 saturated heterocycles. The number of benzene rings is 1. The minimum Gasteiger partial charge on any atom is -0.390 e. The zero-order valence-corrected chi connectivity index (χ0v) is 11.8. The van der Waals surface area contributed by atoms with Crippen molar-refractivity contribution in [3.8, 4) is 0 Å². The molecule has 1 aromatic carbocycles. The maximum absolute atomic E-state index is 10.9. The second-order valence-electron chi connectivity index (χ2n) is 5.02. The van der Waals surface area contributed by atoms with Gasteiger partial charge in [-0.1, -0.05) is 30.3 Å². The number of amides is 2. The average molecular weight is 294 g/mol. The topological polar surface area (TPSA) is 136 Å². The van der Waals surface area contributed by atoms with Crippen molar-refractivity contribution in [3.63, 3.8) is 0 Å². The lowest BCUT2D eigenvalue weighted by molar-refractivity contribution is -0.122. The van der Waals surface area contributed by atoms with Crippen LogP contribution in [0, 0.1) is 0 Å². The van der Waals surface area contributed by atoms with E-state index in [-0.39, 0.29) is 19.6 Å². The van der Waals surface area contributed by atoms with Gasteiger partial charge in [-0.3, -0.25) is 14.5 Å². The van der Waals surface area contributed by atoms with E-state index >= 15 is 0 Å². The highest BCUT2D eigenvalue weighted by atomic mass is 16.3. The maximum Gasteiger partial charge on any atom is 0.231 e. The molecule has 1 aromatic rings. The zero-order chi connectivity index (χ0) is 15.8. The molecule has 2 amide bonds. The van der Waals surface area contributed by atoms with Gasteiger partial charge in [0.1, 0.15) is 0 Å². The summed E-state index contributed by atoms with van der Waals surface area (Å²) in [5.41, 5.74) is 17.1. The van der Waals surface area contributed by atoms with E-state index in [1.165, 1.54) is 4.90 Å². The third kappa shape index (κ3) is 6.84. The van der Waals surface area contributed by atoms with E-state index in [0.717, 1.165) is 5.56 Å². The first-order valence-electron chi connectivity index (χ1n) is 6.65. The van der Waals surface area contributed by atoms with Crippen LogP contribution in [0.3, 0.4) is 0 Å². The van der Waals surface area contributed by atoms with Gasteiger partial charge >= 0.3 is 0 Å². The Morgan fingerprint density at radius 1 is 1.10 bits per heavy atom. The van der Waals surface area contributed by atoms with Crippen molar-refractivity contribution in [1.82, 2.24) is 4.90 Å². The first-order valence-corrected chi connectivity index (χ1v) is 6.65. The number of primary amides is 2. The highest BCUT2D eigenvalue weighted by Gasteiger charge is 2.21. The molecular formula is C14H22N4O3. The van der Waals surface area contributed by atoms with Gasteiger partial charge in [-0.2, -0.15) is 0 Å². The average Bonchev–Trinajstić information content (AvgIpc) is 2.38. The minimum absolute atomic E-state index is 0.0554. The molecule has 1 rings (SSSR count). The van der Waals surface area contributed by atoms with E-state index in [9.17, 15) is 14.7 Å². The Kier molecular flexibility index (Phi) is 6.80.